The molecule has 0 aromatic heterocycles. The molecule has 0 bridgehead atoms. The van der Waals surface area contributed by atoms with Crippen molar-refractivity contribution in [2.24, 2.45) is 0 Å². The number of hydrogen-bond donors (Lipinski definition) is 1. The SMILES string of the molecule is C=CC(=O)OCC(C)(COC(=O)C=C)NC(=O)N(CCC[Si](OC)(OC)OC)CC[Si](OC)(OC)OC. The second kappa shape index (κ2) is 17.4. The topological polar surface area (TPSA) is 140 Å². The molecule has 0 saturated heterocycles. The fourth-order valence-corrected chi connectivity index (χ4v) is 6.57. The molecular formula is C22H42N2O11Si2. The molecule has 15 heteroatoms. The van der Waals surface area contributed by atoms with Crippen molar-refractivity contribution in [1.82, 2.24) is 10.2 Å². The van der Waals surface area contributed by atoms with Crippen LogP contribution in [0.1, 0.15) is 13.3 Å². The molecule has 0 rings (SSSR count). The zero-order chi connectivity index (χ0) is 28.5. The van der Waals surface area contributed by atoms with Crippen LogP contribution in [0, 0.1) is 0 Å². The highest BCUT2D eigenvalue weighted by Gasteiger charge is 2.40. The maximum absolute atomic E-state index is 13.4. The summed E-state index contributed by atoms with van der Waals surface area (Å²) in [5, 5.41) is 2.81. The predicted octanol–water partition coefficient (Wildman–Crippen LogP) is 1.36. The van der Waals surface area contributed by atoms with Crippen molar-refractivity contribution in [2.45, 2.75) is 31.0 Å². The minimum absolute atomic E-state index is 0.212. The quantitative estimate of drug-likeness (QED) is 0.130. The molecule has 2 amide bonds. The van der Waals surface area contributed by atoms with Gasteiger partial charge in [-0.15, -0.1) is 0 Å². The number of esters is 2. The summed E-state index contributed by atoms with van der Waals surface area (Å²) in [6, 6.07) is 0.253. The van der Waals surface area contributed by atoms with Crippen molar-refractivity contribution in [1.29, 1.82) is 0 Å². The van der Waals surface area contributed by atoms with Crippen molar-refractivity contribution in [2.75, 3.05) is 69.0 Å². The Kier molecular flexibility index (Phi) is 16.4. The van der Waals surface area contributed by atoms with Crippen LogP contribution in [0.25, 0.3) is 0 Å². The Bertz CT molecular complexity index is 706. The molecule has 214 valence electrons. The Hall–Kier alpha value is -2.12. The van der Waals surface area contributed by atoms with E-state index >= 15 is 0 Å². The molecule has 37 heavy (non-hydrogen) atoms. The zero-order valence-electron chi connectivity index (χ0n) is 23.0. The van der Waals surface area contributed by atoms with Gasteiger partial charge < -0.3 is 46.2 Å². The summed E-state index contributed by atoms with van der Waals surface area (Å²) in [5.41, 5.74) is -1.25. The summed E-state index contributed by atoms with van der Waals surface area (Å²) in [5.74, 6) is -1.38. The highest BCUT2D eigenvalue weighted by molar-refractivity contribution is 6.61. The van der Waals surface area contributed by atoms with Gasteiger partial charge in [-0.1, -0.05) is 13.2 Å². The molecule has 0 atom stereocenters. The van der Waals surface area contributed by atoms with E-state index in [-0.39, 0.29) is 26.3 Å². The first kappa shape index (κ1) is 34.9. The van der Waals surface area contributed by atoms with Crippen molar-refractivity contribution in [3.63, 3.8) is 0 Å². The van der Waals surface area contributed by atoms with Crippen LogP contribution in [-0.4, -0.2) is 115 Å². The summed E-state index contributed by atoms with van der Waals surface area (Å²) >= 11 is 0. The summed E-state index contributed by atoms with van der Waals surface area (Å²) in [6.45, 7) is 8.23. The van der Waals surface area contributed by atoms with Crippen molar-refractivity contribution < 1.29 is 50.4 Å². The summed E-state index contributed by atoms with van der Waals surface area (Å²) in [4.78, 5) is 38.3. The van der Waals surface area contributed by atoms with E-state index in [0.717, 1.165) is 12.2 Å². The van der Waals surface area contributed by atoms with Crippen LogP contribution < -0.4 is 5.32 Å². The lowest BCUT2D eigenvalue weighted by Gasteiger charge is -2.34. The van der Waals surface area contributed by atoms with E-state index in [2.05, 4.69) is 18.5 Å². The number of rotatable bonds is 20. The Balaban J connectivity index is 5.78. The highest BCUT2D eigenvalue weighted by atomic mass is 28.4. The third-order valence-corrected chi connectivity index (χ3v) is 11.1. The first-order valence-electron chi connectivity index (χ1n) is 11.4. The van der Waals surface area contributed by atoms with Gasteiger partial charge in [0.25, 0.3) is 0 Å². The smallest absolute Gasteiger partial charge is 0.460 e. The first-order chi connectivity index (χ1) is 17.5. The van der Waals surface area contributed by atoms with Crippen LogP contribution >= 0.6 is 0 Å². The van der Waals surface area contributed by atoms with Gasteiger partial charge in [-0.05, 0) is 13.3 Å². The van der Waals surface area contributed by atoms with Gasteiger partial charge in [-0.25, -0.2) is 14.4 Å². The second-order valence-electron chi connectivity index (χ2n) is 8.05. The predicted molar refractivity (Wildman–Crippen MR) is 139 cm³/mol. The van der Waals surface area contributed by atoms with Gasteiger partial charge in [0.1, 0.15) is 18.8 Å². The highest BCUT2D eigenvalue weighted by Crippen LogP contribution is 2.18. The molecule has 0 aliphatic heterocycles. The fraction of sp³-hybridized carbons (Fsp3) is 0.682. The molecule has 0 saturated carbocycles. The molecule has 0 unspecified atom stereocenters. The maximum atomic E-state index is 13.4. The third-order valence-electron chi connectivity index (χ3n) is 5.56. The van der Waals surface area contributed by atoms with Gasteiger partial charge in [0.15, 0.2) is 0 Å². The van der Waals surface area contributed by atoms with E-state index in [4.69, 9.17) is 36.0 Å². The molecule has 0 heterocycles. The van der Waals surface area contributed by atoms with Crippen LogP contribution in [0.3, 0.4) is 0 Å². The van der Waals surface area contributed by atoms with Crippen LogP contribution in [0.2, 0.25) is 12.1 Å². The van der Waals surface area contributed by atoms with E-state index in [1.807, 2.05) is 0 Å². The number of ether oxygens (including phenoxy) is 2. The largest absolute Gasteiger partial charge is 0.501 e. The van der Waals surface area contributed by atoms with Gasteiger partial charge in [0, 0.05) is 80.0 Å². The number of hydrogen-bond acceptors (Lipinski definition) is 11. The average Bonchev–Trinajstić information content (AvgIpc) is 2.92. The van der Waals surface area contributed by atoms with Gasteiger partial charge in [0.05, 0.1) is 0 Å². The lowest BCUT2D eigenvalue weighted by molar-refractivity contribution is -0.144. The monoisotopic (exact) mass is 566 g/mol. The number of carbonyl (C=O) groups excluding carboxylic acids is 3. The van der Waals surface area contributed by atoms with Crippen LogP contribution in [0.5, 0.6) is 0 Å². The molecule has 0 fully saturated rings. The Morgan fingerprint density at radius 2 is 1.16 bits per heavy atom. The fourth-order valence-electron chi connectivity index (χ4n) is 3.22. The molecule has 13 nitrogen and oxygen atoms in total. The van der Waals surface area contributed by atoms with Crippen molar-refractivity contribution >= 4 is 35.6 Å². The van der Waals surface area contributed by atoms with Gasteiger partial charge in [-0.3, -0.25) is 0 Å². The van der Waals surface area contributed by atoms with E-state index in [0.29, 0.717) is 18.5 Å². The Morgan fingerprint density at radius 1 is 0.757 bits per heavy atom. The standard InChI is InChI=1S/C22H42N2O11Si2/c1-10-19(25)34-17-22(3,18-35-20(26)11-2)23-21(27)24(14-16-37(31-7,32-8)33-9)13-12-15-36(28-4,29-5)30-6/h10-11H,1-2,12-18H2,3-9H3,(H,23,27). The molecule has 0 aromatic carbocycles. The van der Waals surface area contributed by atoms with Gasteiger partial charge >= 0.3 is 35.6 Å². The van der Waals surface area contributed by atoms with E-state index in [9.17, 15) is 14.4 Å². The molecule has 1 N–H and O–H groups in total. The Labute approximate surface area is 221 Å². The van der Waals surface area contributed by atoms with Crippen LogP contribution in [0.4, 0.5) is 4.79 Å². The molecule has 0 aliphatic carbocycles. The lowest BCUT2D eigenvalue weighted by atomic mass is 10.1. The van der Waals surface area contributed by atoms with E-state index < -0.39 is 41.1 Å². The number of nitrogens with zero attached hydrogens (tertiary/aromatic N) is 1. The number of amides is 2. The zero-order valence-corrected chi connectivity index (χ0v) is 25.0. The van der Waals surface area contributed by atoms with Gasteiger partial charge in [-0.2, -0.15) is 0 Å². The van der Waals surface area contributed by atoms with E-state index in [1.165, 1.54) is 47.6 Å². The lowest BCUT2D eigenvalue weighted by Crippen LogP contribution is -2.58. The summed E-state index contributed by atoms with van der Waals surface area (Å²) < 4.78 is 43.1. The summed E-state index contributed by atoms with van der Waals surface area (Å²) in [7, 11) is 3.13. The van der Waals surface area contributed by atoms with Crippen molar-refractivity contribution in [3.8, 4) is 0 Å². The second-order valence-corrected chi connectivity index (χ2v) is 14.2. The summed E-state index contributed by atoms with van der Waals surface area (Å²) in [6.07, 6.45) is 2.48. The van der Waals surface area contributed by atoms with Crippen LogP contribution in [0.15, 0.2) is 25.3 Å². The number of nitrogens with one attached hydrogen (secondary N) is 1. The normalized spacial score (nSPS) is 12.0. The first-order valence-corrected chi connectivity index (χ1v) is 15.3. The third kappa shape index (κ3) is 11.9. The minimum atomic E-state index is -3.00. The average molecular weight is 567 g/mol. The van der Waals surface area contributed by atoms with Crippen LogP contribution in [-0.2, 0) is 45.6 Å². The number of urea groups is 1. The molecule has 0 spiro atoms. The minimum Gasteiger partial charge on any atom is -0.460 e. The Morgan fingerprint density at radius 3 is 1.54 bits per heavy atom. The number of carbonyl (C=O) groups is 3. The molecule has 0 radical (unpaired) electrons. The van der Waals surface area contributed by atoms with Crippen molar-refractivity contribution in [3.05, 3.63) is 25.3 Å². The maximum Gasteiger partial charge on any atom is 0.501 e. The molecular weight excluding hydrogens is 524 g/mol. The molecule has 0 aromatic rings. The van der Waals surface area contributed by atoms with Gasteiger partial charge in [0.2, 0.25) is 0 Å². The van der Waals surface area contributed by atoms with E-state index in [1.54, 1.807) is 6.92 Å². The molecule has 0 aliphatic rings.